The van der Waals surface area contributed by atoms with Gasteiger partial charge in [-0.05, 0) is 0 Å². The van der Waals surface area contributed by atoms with Gasteiger partial charge in [0.05, 0.1) is 13.3 Å². The SMILES string of the molecule is COc1cnn(C)c1[B-](F)(F)F.[K+]. The van der Waals surface area contributed by atoms with Crippen molar-refractivity contribution in [3.63, 3.8) is 0 Å². The second-order valence-corrected chi connectivity index (χ2v) is 2.30. The van der Waals surface area contributed by atoms with Crippen LogP contribution in [-0.2, 0) is 7.05 Å². The second kappa shape index (κ2) is 4.83. The van der Waals surface area contributed by atoms with E-state index in [0.717, 1.165) is 10.9 Å². The first-order chi connectivity index (χ1) is 5.46. The van der Waals surface area contributed by atoms with Gasteiger partial charge in [-0.1, -0.05) is 0 Å². The Bertz CT molecular complexity index is 288. The standard InChI is InChI=1S/C5H7BF3N2O.K/c1-11-5(6(7,8)9)4(12-2)3-10-11;/h3H,1-2H3;/q-1;+1. The molecule has 0 fully saturated rings. The molecule has 1 aromatic heterocycles. The fourth-order valence-electron chi connectivity index (χ4n) is 0.957. The van der Waals surface area contributed by atoms with Crippen molar-refractivity contribution in [3.05, 3.63) is 6.20 Å². The Labute approximate surface area is 116 Å². The Balaban J connectivity index is 0.00000144. The third-order valence-electron chi connectivity index (χ3n) is 1.48. The summed E-state index contributed by atoms with van der Waals surface area (Å²) in [5.74, 6) is -0.231. The van der Waals surface area contributed by atoms with Crippen LogP contribution in [0.5, 0.6) is 5.75 Å². The molecule has 68 valence electrons. The predicted molar refractivity (Wildman–Crippen MR) is 38.5 cm³/mol. The monoisotopic (exact) mass is 218 g/mol. The summed E-state index contributed by atoms with van der Waals surface area (Å²) in [6.07, 6.45) is 1.05. The molecule has 1 rings (SSSR count). The summed E-state index contributed by atoms with van der Waals surface area (Å²) in [6, 6.07) is 0. The molecule has 0 spiro atoms. The summed E-state index contributed by atoms with van der Waals surface area (Å²) in [4.78, 5) is 0. The van der Waals surface area contributed by atoms with E-state index in [0.29, 0.717) is 0 Å². The van der Waals surface area contributed by atoms with E-state index >= 15 is 0 Å². The second-order valence-electron chi connectivity index (χ2n) is 2.30. The molecular weight excluding hydrogens is 211 g/mol. The van der Waals surface area contributed by atoms with Gasteiger partial charge in [0, 0.05) is 12.6 Å². The zero-order valence-electron chi connectivity index (χ0n) is 7.59. The molecule has 0 N–H and O–H groups in total. The van der Waals surface area contributed by atoms with Gasteiger partial charge in [-0.2, -0.15) is 5.10 Å². The van der Waals surface area contributed by atoms with E-state index in [-0.39, 0.29) is 57.1 Å². The predicted octanol–water partition coefficient (Wildman–Crippen LogP) is -2.51. The van der Waals surface area contributed by atoms with Gasteiger partial charge in [-0.25, -0.2) is 0 Å². The molecule has 3 nitrogen and oxygen atoms in total. The number of rotatable bonds is 2. The van der Waals surface area contributed by atoms with E-state index in [9.17, 15) is 12.9 Å². The fourth-order valence-corrected chi connectivity index (χ4v) is 0.957. The smallest absolute Gasteiger partial charge is 0.497 e. The van der Waals surface area contributed by atoms with Gasteiger partial charge >= 0.3 is 58.4 Å². The Morgan fingerprint density at radius 1 is 1.46 bits per heavy atom. The van der Waals surface area contributed by atoms with Crippen molar-refractivity contribution >= 4 is 12.6 Å². The quantitative estimate of drug-likeness (QED) is 0.512. The maximum atomic E-state index is 12.3. The fraction of sp³-hybridized carbons (Fsp3) is 0.400. The molecule has 0 aliphatic heterocycles. The Kier molecular flexibility index (Phi) is 5.02. The van der Waals surface area contributed by atoms with Gasteiger partial charge in [0.1, 0.15) is 5.75 Å². The maximum absolute atomic E-state index is 12.3. The first kappa shape index (κ1) is 13.5. The number of aromatic nitrogens is 2. The summed E-state index contributed by atoms with van der Waals surface area (Å²) >= 11 is 0. The molecule has 0 radical (unpaired) electrons. The molecule has 0 aliphatic rings. The number of ether oxygens (including phenoxy) is 1. The first-order valence-corrected chi connectivity index (χ1v) is 3.22. The number of hydrogen-bond acceptors (Lipinski definition) is 2. The van der Waals surface area contributed by atoms with Gasteiger partial charge in [0.2, 0.25) is 0 Å². The van der Waals surface area contributed by atoms with Crippen molar-refractivity contribution in [2.45, 2.75) is 0 Å². The van der Waals surface area contributed by atoms with Crippen LogP contribution in [0.25, 0.3) is 0 Å². The normalized spacial score (nSPS) is 10.8. The summed E-state index contributed by atoms with van der Waals surface area (Å²) in [5.41, 5.74) is -0.808. The van der Waals surface area contributed by atoms with Crippen LogP contribution in [0.4, 0.5) is 12.9 Å². The van der Waals surface area contributed by atoms with Crippen LogP contribution < -0.4 is 61.7 Å². The number of methoxy groups -OCH3 is 1. The minimum atomic E-state index is -5.05. The van der Waals surface area contributed by atoms with Crippen molar-refractivity contribution in [1.29, 1.82) is 0 Å². The number of halogens is 3. The average Bonchev–Trinajstić information content (AvgIpc) is 2.29. The molecule has 0 aliphatic carbocycles. The van der Waals surface area contributed by atoms with Crippen molar-refractivity contribution in [3.8, 4) is 5.75 Å². The van der Waals surface area contributed by atoms with Gasteiger partial charge < -0.3 is 17.7 Å². The molecule has 0 saturated heterocycles. The molecule has 0 amide bonds. The van der Waals surface area contributed by atoms with Crippen LogP contribution in [0.15, 0.2) is 6.20 Å². The van der Waals surface area contributed by atoms with Crippen LogP contribution in [0.1, 0.15) is 0 Å². The van der Waals surface area contributed by atoms with E-state index in [1.165, 1.54) is 14.2 Å². The van der Waals surface area contributed by atoms with E-state index in [1.54, 1.807) is 0 Å². The van der Waals surface area contributed by atoms with Gasteiger partial charge in [0.25, 0.3) is 0 Å². The Morgan fingerprint density at radius 3 is 2.31 bits per heavy atom. The number of aryl methyl sites for hydroxylation is 1. The van der Waals surface area contributed by atoms with E-state index < -0.39 is 12.6 Å². The molecule has 0 unspecified atom stereocenters. The van der Waals surface area contributed by atoms with E-state index in [2.05, 4.69) is 9.84 Å². The van der Waals surface area contributed by atoms with Crippen LogP contribution in [0, 0.1) is 0 Å². The number of hydrogen-bond donors (Lipinski definition) is 0. The minimum Gasteiger partial charge on any atom is -0.497 e. The molecule has 0 saturated carbocycles. The minimum absolute atomic E-state index is 0. The van der Waals surface area contributed by atoms with Gasteiger partial charge in [0.15, 0.2) is 0 Å². The van der Waals surface area contributed by atoms with Crippen molar-refractivity contribution < 1.29 is 69.1 Å². The molecule has 0 bridgehead atoms. The molecule has 13 heavy (non-hydrogen) atoms. The summed E-state index contributed by atoms with van der Waals surface area (Å²) in [6.45, 7) is -5.05. The van der Waals surface area contributed by atoms with Crippen LogP contribution in [0.3, 0.4) is 0 Å². The molecule has 8 heteroatoms. The molecule has 0 aromatic carbocycles. The third-order valence-corrected chi connectivity index (χ3v) is 1.48. The van der Waals surface area contributed by atoms with E-state index in [1.807, 2.05) is 0 Å². The zero-order chi connectivity index (χ0) is 9.35. The zero-order valence-corrected chi connectivity index (χ0v) is 10.7. The van der Waals surface area contributed by atoms with Gasteiger partial charge in [-0.3, -0.25) is 4.68 Å². The Hall–Kier alpha value is 0.501. The topological polar surface area (TPSA) is 27.1 Å². The summed E-state index contributed by atoms with van der Waals surface area (Å²) in [7, 11) is 2.41. The Morgan fingerprint density at radius 2 is 2.00 bits per heavy atom. The molecule has 1 heterocycles. The van der Waals surface area contributed by atoms with E-state index in [4.69, 9.17) is 0 Å². The van der Waals surface area contributed by atoms with Crippen molar-refractivity contribution in [2.24, 2.45) is 7.05 Å². The third kappa shape index (κ3) is 2.98. The number of nitrogens with zero attached hydrogens (tertiary/aromatic N) is 2. The first-order valence-electron chi connectivity index (χ1n) is 3.22. The van der Waals surface area contributed by atoms with Crippen LogP contribution in [0.2, 0.25) is 0 Å². The molecule has 1 aromatic rings. The van der Waals surface area contributed by atoms with Gasteiger partial charge in [-0.15, -0.1) is 0 Å². The molecular formula is C5H7BF3KN2O. The largest absolute Gasteiger partial charge is 1.00 e. The van der Waals surface area contributed by atoms with Crippen molar-refractivity contribution in [2.75, 3.05) is 7.11 Å². The summed E-state index contributed by atoms with van der Waals surface area (Å²) in [5, 5.41) is 3.44. The van der Waals surface area contributed by atoms with Crippen molar-refractivity contribution in [1.82, 2.24) is 9.78 Å². The maximum Gasteiger partial charge on any atom is 1.00 e. The average molecular weight is 218 g/mol. The molecule has 0 atom stereocenters. The van der Waals surface area contributed by atoms with Crippen LogP contribution >= 0.6 is 0 Å². The van der Waals surface area contributed by atoms with Crippen LogP contribution in [-0.4, -0.2) is 23.9 Å². The summed E-state index contributed by atoms with van der Waals surface area (Å²) < 4.78 is 42.0.